The highest BCUT2D eigenvalue weighted by Crippen LogP contribution is 2.34. The molecule has 3 rings (SSSR count). The van der Waals surface area contributed by atoms with Crippen molar-refractivity contribution in [2.75, 3.05) is 26.1 Å². The Morgan fingerprint density at radius 2 is 1.86 bits per heavy atom. The average Bonchev–Trinajstić information content (AvgIpc) is 3.25. The van der Waals surface area contributed by atoms with Crippen LogP contribution in [0, 0.1) is 0 Å². The number of anilines is 1. The van der Waals surface area contributed by atoms with Gasteiger partial charge >= 0.3 is 5.97 Å². The zero-order valence-electron chi connectivity index (χ0n) is 16.1. The fourth-order valence-electron chi connectivity index (χ4n) is 2.88. The van der Waals surface area contributed by atoms with E-state index >= 15 is 0 Å². The van der Waals surface area contributed by atoms with E-state index in [1.54, 1.807) is 6.08 Å². The highest BCUT2D eigenvalue weighted by Gasteiger charge is 2.41. The third-order valence-corrected chi connectivity index (χ3v) is 5.34. The highest BCUT2D eigenvalue weighted by molar-refractivity contribution is 8.18. The van der Waals surface area contributed by atoms with Crippen molar-refractivity contribution in [3.05, 3.63) is 53.2 Å². The summed E-state index contributed by atoms with van der Waals surface area (Å²) in [5, 5.41) is -0.484. The number of imide groups is 1. The number of hydrogen-bond donors (Lipinski definition) is 0. The number of nitrogens with zero attached hydrogens (tertiary/aromatic N) is 3. The van der Waals surface area contributed by atoms with E-state index in [2.05, 4.69) is 4.74 Å². The van der Waals surface area contributed by atoms with Crippen LogP contribution in [0.5, 0.6) is 0 Å². The number of hydrogen-bond acceptors (Lipinski definition) is 6. The van der Waals surface area contributed by atoms with E-state index in [0.717, 1.165) is 33.7 Å². The third-order valence-electron chi connectivity index (χ3n) is 4.46. The topological polar surface area (TPSA) is 71.8 Å². The van der Waals surface area contributed by atoms with Gasteiger partial charge < -0.3 is 14.2 Å². The van der Waals surface area contributed by atoms with Crippen molar-refractivity contribution < 1.29 is 19.1 Å². The fraction of sp³-hybridized carbons (Fsp3) is 0.250. The smallest absolute Gasteiger partial charge is 0.328 e. The van der Waals surface area contributed by atoms with E-state index in [1.807, 2.05) is 66.2 Å². The van der Waals surface area contributed by atoms with Gasteiger partial charge in [0.1, 0.15) is 6.04 Å². The maximum atomic E-state index is 12.7. The summed E-state index contributed by atoms with van der Waals surface area (Å²) in [5.41, 5.74) is 2.77. The summed E-state index contributed by atoms with van der Waals surface area (Å²) >= 11 is 0.817. The lowest BCUT2D eigenvalue weighted by molar-refractivity contribution is -0.148. The second-order valence-corrected chi connectivity index (χ2v) is 7.46. The predicted molar refractivity (Wildman–Crippen MR) is 109 cm³/mol. The second-order valence-electron chi connectivity index (χ2n) is 6.46. The maximum Gasteiger partial charge on any atom is 0.328 e. The van der Waals surface area contributed by atoms with Crippen molar-refractivity contribution in [2.24, 2.45) is 0 Å². The third kappa shape index (κ3) is 3.68. The molecular formula is C20H21N3O4S. The second kappa shape index (κ2) is 7.93. The quantitative estimate of drug-likeness (QED) is 0.568. The number of amides is 2. The molecule has 1 saturated heterocycles. The minimum Gasteiger partial charge on any atom is -0.467 e. The molecule has 0 N–H and O–H groups in total. The normalized spacial score (nSPS) is 16.6. The molecule has 146 valence electrons. The first kappa shape index (κ1) is 19.8. The molecule has 1 aromatic carbocycles. The van der Waals surface area contributed by atoms with Gasteiger partial charge in [0.05, 0.1) is 12.0 Å². The van der Waals surface area contributed by atoms with Gasteiger partial charge in [0, 0.05) is 37.4 Å². The van der Waals surface area contributed by atoms with Crippen molar-refractivity contribution in [3.8, 4) is 5.69 Å². The van der Waals surface area contributed by atoms with E-state index < -0.39 is 23.2 Å². The van der Waals surface area contributed by atoms with Gasteiger partial charge in [0.2, 0.25) is 0 Å². The Morgan fingerprint density at radius 3 is 2.46 bits per heavy atom. The first-order valence-corrected chi connectivity index (χ1v) is 9.45. The molecule has 1 aliphatic heterocycles. The van der Waals surface area contributed by atoms with E-state index in [4.69, 9.17) is 0 Å². The lowest BCUT2D eigenvalue weighted by atomic mass is 10.2. The lowest BCUT2D eigenvalue weighted by Gasteiger charge is -2.18. The average molecular weight is 399 g/mol. The molecule has 8 heteroatoms. The minimum atomic E-state index is -0.964. The molecule has 1 unspecified atom stereocenters. The molecule has 2 amide bonds. The Labute approximate surface area is 167 Å². The molecule has 1 atom stereocenters. The number of ether oxygens (including phenoxy) is 1. The van der Waals surface area contributed by atoms with Gasteiger partial charge in [-0.15, -0.1) is 0 Å². The Hall–Kier alpha value is -3.00. The molecule has 0 spiro atoms. The molecular weight excluding hydrogens is 378 g/mol. The number of carbonyl (C=O) groups is 3. The summed E-state index contributed by atoms with van der Waals surface area (Å²) in [6.07, 6.45) is 3.55. The molecule has 1 aliphatic rings. The Kier molecular flexibility index (Phi) is 5.60. The Morgan fingerprint density at radius 1 is 1.18 bits per heavy atom. The monoisotopic (exact) mass is 399 g/mol. The van der Waals surface area contributed by atoms with Crippen LogP contribution < -0.4 is 4.90 Å². The van der Waals surface area contributed by atoms with E-state index in [-0.39, 0.29) is 4.91 Å². The maximum absolute atomic E-state index is 12.7. The number of rotatable bonds is 5. The van der Waals surface area contributed by atoms with Gasteiger partial charge in [0.15, 0.2) is 0 Å². The first-order chi connectivity index (χ1) is 13.3. The van der Waals surface area contributed by atoms with Crippen LogP contribution in [-0.2, 0) is 14.3 Å². The van der Waals surface area contributed by atoms with Crippen molar-refractivity contribution in [1.29, 1.82) is 0 Å². The Balaban J connectivity index is 1.89. The molecule has 2 heterocycles. The van der Waals surface area contributed by atoms with Gasteiger partial charge in [-0.1, -0.05) is 0 Å². The van der Waals surface area contributed by atoms with Crippen LogP contribution in [0.25, 0.3) is 11.8 Å². The highest BCUT2D eigenvalue weighted by atomic mass is 32.2. The standard InChI is InChI=1S/C20H21N3O4S/c1-13(19(25)27-4)23-18(24)17(28-20(23)26)12-16-6-5-11-22(16)15-9-7-14(8-10-15)21(2)3/h5-13H,1-4H3/b17-12-. The largest absolute Gasteiger partial charge is 0.467 e. The zero-order valence-corrected chi connectivity index (χ0v) is 16.9. The number of benzene rings is 1. The summed E-state index contributed by atoms with van der Waals surface area (Å²) in [6.45, 7) is 1.47. The van der Waals surface area contributed by atoms with Gasteiger partial charge in [-0.05, 0) is 61.2 Å². The van der Waals surface area contributed by atoms with Gasteiger partial charge in [0.25, 0.3) is 11.1 Å². The summed E-state index contributed by atoms with van der Waals surface area (Å²) in [5.74, 6) is -1.13. The molecule has 1 fully saturated rings. The number of thioether (sulfide) groups is 1. The van der Waals surface area contributed by atoms with Crippen molar-refractivity contribution in [3.63, 3.8) is 0 Å². The first-order valence-electron chi connectivity index (χ1n) is 8.63. The van der Waals surface area contributed by atoms with E-state index in [9.17, 15) is 14.4 Å². The van der Waals surface area contributed by atoms with E-state index in [0.29, 0.717) is 0 Å². The van der Waals surface area contributed by atoms with Crippen LogP contribution in [0.3, 0.4) is 0 Å². The number of aromatic nitrogens is 1. The van der Waals surface area contributed by atoms with Crippen molar-refractivity contribution in [2.45, 2.75) is 13.0 Å². The number of esters is 1. The summed E-state index contributed by atoms with van der Waals surface area (Å²) < 4.78 is 6.57. The van der Waals surface area contributed by atoms with Crippen LogP contribution in [0.2, 0.25) is 0 Å². The van der Waals surface area contributed by atoms with Gasteiger partial charge in [-0.3, -0.25) is 14.5 Å². The van der Waals surface area contributed by atoms with Gasteiger partial charge in [-0.2, -0.15) is 0 Å². The summed E-state index contributed by atoms with van der Waals surface area (Å²) in [4.78, 5) is 39.9. The number of carbonyl (C=O) groups excluding carboxylic acids is 3. The van der Waals surface area contributed by atoms with Crippen LogP contribution in [0.1, 0.15) is 12.6 Å². The summed E-state index contributed by atoms with van der Waals surface area (Å²) in [6, 6.07) is 10.7. The van der Waals surface area contributed by atoms with Crippen LogP contribution >= 0.6 is 11.8 Å². The summed E-state index contributed by atoms with van der Waals surface area (Å²) in [7, 11) is 5.17. The molecule has 2 aromatic rings. The fourth-order valence-corrected chi connectivity index (χ4v) is 3.78. The van der Waals surface area contributed by atoms with Crippen LogP contribution in [0.15, 0.2) is 47.5 Å². The molecule has 7 nitrogen and oxygen atoms in total. The Bertz CT molecular complexity index is 947. The van der Waals surface area contributed by atoms with E-state index in [1.165, 1.54) is 14.0 Å². The molecule has 0 aliphatic carbocycles. The molecule has 0 saturated carbocycles. The molecule has 0 bridgehead atoms. The van der Waals surface area contributed by atoms with Crippen LogP contribution in [0.4, 0.5) is 10.5 Å². The van der Waals surface area contributed by atoms with Gasteiger partial charge in [-0.25, -0.2) is 4.79 Å². The van der Waals surface area contributed by atoms with Crippen molar-refractivity contribution >= 4 is 40.6 Å². The minimum absolute atomic E-state index is 0.269. The molecule has 0 radical (unpaired) electrons. The number of methoxy groups -OCH3 is 1. The lowest BCUT2D eigenvalue weighted by Crippen LogP contribution is -2.42. The predicted octanol–water partition coefficient (Wildman–Crippen LogP) is 3.14. The molecule has 28 heavy (non-hydrogen) atoms. The van der Waals surface area contributed by atoms with Crippen LogP contribution in [-0.4, -0.2) is 53.8 Å². The van der Waals surface area contributed by atoms with Crippen molar-refractivity contribution in [1.82, 2.24) is 9.47 Å². The molecule has 1 aromatic heterocycles. The zero-order chi connectivity index (χ0) is 20.4. The SMILES string of the molecule is COC(=O)C(C)N1C(=O)S/C(=C\c2cccn2-c2ccc(N(C)C)cc2)C1=O.